The number of rotatable bonds is 3. The van der Waals surface area contributed by atoms with Crippen LogP contribution in [-0.4, -0.2) is 36.7 Å². The van der Waals surface area contributed by atoms with Gasteiger partial charge >= 0.3 is 0 Å². The minimum Gasteiger partial charge on any atom is -0.377 e. The number of hydrogen-bond donors (Lipinski definition) is 0. The standard InChI is InChI=1S/C10H19NO/c1-7(2)12-6-10-8-4-9(5-8)11(10)3/h7-10H,4-6H2,1-3H3. The van der Waals surface area contributed by atoms with E-state index in [0.29, 0.717) is 6.10 Å². The Balaban J connectivity index is 1.81. The number of nitrogens with zero attached hydrogens (tertiary/aromatic N) is 1. The lowest BCUT2D eigenvalue weighted by molar-refractivity contribution is 0.0412. The van der Waals surface area contributed by atoms with Crippen LogP contribution in [-0.2, 0) is 4.74 Å². The van der Waals surface area contributed by atoms with Gasteiger partial charge < -0.3 is 4.74 Å². The molecule has 3 rings (SSSR count). The van der Waals surface area contributed by atoms with Gasteiger partial charge in [0.15, 0.2) is 0 Å². The van der Waals surface area contributed by atoms with Crippen LogP contribution in [0, 0.1) is 5.92 Å². The van der Waals surface area contributed by atoms with Crippen LogP contribution in [0.2, 0.25) is 0 Å². The highest BCUT2D eigenvalue weighted by Crippen LogP contribution is 2.44. The maximum Gasteiger partial charge on any atom is 0.0628 e. The predicted molar refractivity (Wildman–Crippen MR) is 49.2 cm³/mol. The van der Waals surface area contributed by atoms with Crippen molar-refractivity contribution in [3.63, 3.8) is 0 Å². The molecule has 2 aliphatic heterocycles. The van der Waals surface area contributed by atoms with Crippen molar-refractivity contribution in [1.82, 2.24) is 4.90 Å². The summed E-state index contributed by atoms with van der Waals surface area (Å²) < 4.78 is 5.65. The first-order valence-corrected chi connectivity index (χ1v) is 5.02. The normalized spacial score (nSPS) is 40.5. The molecule has 0 N–H and O–H groups in total. The summed E-state index contributed by atoms with van der Waals surface area (Å²) in [5.41, 5.74) is 0. The Kier molecular flexibility index (Phi) is 2.13. The summed E-state index contributed by atoms with van der Waals surface area (Å²) in [5, 5.41) is 0. The van der Waals surface area contributed by atoms with Gasteiger partial charge in [-0.1, -0.05) is 0 Å². The minimum absolute atomic E-state index is 0.385. The molecule has 0 radical (unpaired) electrons. The van der Waals surface area contributed by atoms with E-state index in [1.54, 1.807) is 0 Å². The van der Waals surface area contributed by atoms with Crippen molar-refractivity contribution in [3.05, 3.63) is 0 Å². The summed E-state index contributed by atoms with van der Waals surface area (Å²) >= 11 is 0. The summed E-state index contributed by atoms with van der Waals surface area (Å²) in [6, 6.07) is 1.60. The lowest BCUT2D eigenvalue weighted by Crippen LogP contribution is -2.31. The lowest BCUT2D eigenvalue weighted by atomic mass is 9.83. The molecule has 3 fully saturated rings. The van der Waals surface area contributed by atoms with Crippen molar-refractivity contribution >= 4 is 0 Å². The van der Waals surface area contributed by atoms with Gasteiger partial charge in [0, 0.05) is 12.1 Å². The van der Waals surface area contributed by atoms with E-state index in [0.717, 1.165) is 24.6 Å². The molecule has 0 aromatic rings. The van der Waals surface area contributed by atoms with Crippen LogP contribution < -0.4 is 0 Å². The van der Waals surface area contributed by atoms with E-state index in [1.165, 1.54) is 12.8 Å². The zero-order valence-electron chi connectivity index (χ0n) is 8.29. The van der Waals surface area contributed by atoms with Crippen LogP contribution >= 0.6 is 0 Å². The second kappa shape index (κ2) is 3.00. The monoisotopic (exact) mass is 169 g/mol. The van der Waals surface area contributed by atoms with E-state index < -0.39 is 0 Å². The van der Waals surface area contributed by atoms with Crippen molar-refractivity contribution in [1.29, 1.82) is 0 Å². The molecule has 2 saturated heterocycles. The molecule has 2 nitrogen and oxygen atoms in total. The van der Waals surface area contributed by atoms with Crippen LogP contribution in [0.1, 0.15) is 26.7 Å². The van der Waals surface area contributed by atoms with Crippen molar-refractivity contribution in [2.75, 3.05) is 13.7 Å². The fourth-order valence-electron chi connectivity index (χ4n) is 2.42. The molecular weight excluding hydrogens is 150 g/mol. The molecule has 1 unspecified atom stereocenters. The van der Waals surface area contributed by atoms with E-state index >= 15 is 0 Å². The van der Waals surface area contributed by atoms with Gasteiger partial charge in [-0.05, 0) is 39.7 Å². The number of hydrogen-bond acceptors (Lipinski definition) is 2. The second-order valence-corrected chi connectivity index (χ2v) is 4.50. The maximum atomic E-state index is 5.65. The Morgan fingerprint density at radius 3 is 2.50 bits per heavy atom. The van der Waals surface area contributed by atoms with Gasteiger partial charge in [0.1, 0.15) is 0 Å². The second-order valence-electron chi connectivity index (χ2n) is 4.50. The first kappa shape index (κ1) is 8.52. The molecule has 0 aromatic heterocycles. The first-order chi connectivity index (χ1) is 5.68. The molecule has 1 saturated carbocycles. The topological polar surface area (TPSA) is 12.5 Å². The predicted octanol–water partition coefficient (Wildman–Crippen LogP) is 1.50. The molecule has 0 aromatic carbocycles. The summed E-state index contributed by atoms with van der Waals surface area (Å²) in [6.07, 6.45) is 3.22. The third-order valence-corrected chi connectivity index (χ3v) is 3.39. The van der Waals surface area contributed by atoms with Gasteiger partial charge in [0.2, 0.25) is 0 Å². The van der Waals surface area contributed by atoms with Gasteiger partial charge in [-0.25, -0.2) is 0 Å². The third-order valence-electron chi connectivity index (χ3n) is 3.39. The van der Waals surface area contributed by atoms with Gasteiger partial charge in [-0.15, -0.1) is 0 Å². The fraction of sp³-hybridized carbons (Fsp3) is 1.00. The number of likely N-dealkylation sites (N-methyl/N-ethyl adjacent to an activating group) is 1. The number of fused-ring (bicyclic) bond motifs is 1. The summed E-state index contributed by atoms with van der Waals surface area (Å²) in [5.74, 6) is 0.943. The highest BCUT2D eigenvalue weighted by atomic mass is 16.5. The van der Waals surface area contributed by atoms with Gasteiger partial charge in [0.05, 0.1) is 12.7 Å². The highest BCUT2D eigenvalue weighted by molar-refractivity contribution is 5.02. The van der Waals surface area contributed by atoms with Crippen molar-refractivity contribution in [3.8, 4) is 0 Å². The molecule has 2 heteroatoms. The molecular formula is C10H19NO. The van der Waals surface area contributed by atoms with Crippen LogP contribution in [0.3, 0.4) is 0 Å². The average Bonchev–Trinajstić information content (AvgIpc) is 2.33. The molecule has 2 bridgehead atoms. The SMILES string of the molecule is CC(C)OCC1C2CC(C2)N1C. The van der Waals surface area contributed by atoms with Crippen molar-refractivity contribution in [2.24, 2.45) is 5.92 Å². The van der Waals surface area contributed by atoms with Gasteiger partial charge in [-0.2, -0.15) is 0 Å². The quantitative estimate of drug-likeness (QED) is 0.635. The molecule has 70 valence electrons. The molecule has 1 aliphatic carbocycles. The van der Waals surface area contributed by atoms with Crippen LogP contribution in [0.4, 0.5) is 0 Å². The molecule has 0 amide bonds. The molecule has 2 heterocycles. The Bertz CT molecular complexity index is 163. The summed E-state index contributed by atoms with van der Waals surface area (Å²) in [7, 11) is 2.24. The lowest BCUT2D eigenvalue weighted by Gasteiger charge is -2.23. The Morgan fingerprint density at radius 1 is 1.42 bits per heavy atom. The number of ether oxygens (including phenoxy) is 1. The smallest absolute Gasteiger partial charge is 0.0628 e. The van der Waals surface area contributed by atoms with E-state index in [1.807, 2.05) is 0 Å². The average molecular weight is 169 g/mol. The third kappa shape index (κ3) is 1.27. The Labute approximate surface area is 74.9 Å². The molecule has 1 atom stereocenters. The molecule has 0 spiro atoms. The Morgan fingerprint density at radius 2 is 2.08 bits per heavy atom. The first-order valence-electron chi connectivity index (χ1n) is 5.02. The van der Waals surface area contributed by atoms with Crippen LogP contribution in [0.5, 0.6) is 0 Å². The molecule has 12 heavy (non-hydrogen) atoms. The van der Waals surface area contributed by atoms with Crippen molar-refractivity contribution < 1.29 is 4.74 Å². The Hall–Kier alpha value is -0.0800. The summed E-state index contributed by atoms with van der Waals surface area (Å²) in [4.78, 5) is 2.51. The van der Waals surface area contributed by atoms with Crippen molar-refractivity contribution in [2.45, 2.75) is 44.9 Å². The minimum atomic E-state index is 0.385. The maximum absolute atomic E-state index is 5.65. The highest BCUT2D eigenvalue weighted by Gasteiger charge is 2.48. The zero-order valence-corrected chi connectivity index (χ0v) is 8.29. The van der Waals surface area contributed by atoms with E-state index in [2.05, 4.69) is 25.8 Å². The van der Waals surface area contributed by atoms with Gasteiger partial charge in [0.25, 0.3) is 0 Å². The molecule has 3 aliphatic rings. The van der Waals surface area contributed by atoms with E-state index in [9.17, 15) is 0 Å². The van der Waals surface area contributed by atoms with Crippen LogP contribution in [0.25, 0.3) is 0 Å². The largest absolute Gasteiger partial charge is 0.377 e. The van der Waals surface area contributed by atoms with Crippen LogP contribution in [0.15, 0.2) is 0 Å². The summed E-state index contributed by atoms with van der Waals surface area (Å²) in [6.45, 7) is 5.16. The van der Waals surface area contributed by atoms with Gasteiger partial charge in [-0.3, -0.25) is 4.90 Å². The zero-order chi connectivity index (χ0) is 8.72. The fourth-order valence-corrected chi connectivity index (χ4v) is 2.42. The van der Waals surface area contributed by atoms with E-state index in [4.69, 9.17) is 4.74 Å². The van der Waals surface area contributed by atoms with E-state index in [-0.39, 0.29) is 0 Å².